The molecule has 0 fully saturated rings. The number of thioether (sulfide) groups is 1. The summed E-state index contributed by atoms with van der Waals surface area (Å²) in [5, 5.41) is 4.89. The minimum atomic E-state index is 0.545. The number of halogens is 1. The molecule has 4 aromatic rings. The van der Waals surface area contributed by atoms with Crippen LogP contribution < -0.4 is 0 Å². The Morgan fingerprint density at radius 1 is 1.09 bits per heavy atom. The van der Waals surface area contributed by atoms with Gasteiger partial charge in [-0.15, -0.1) is 0 Å². The molecule has 0 saturated carbocycles. The van der Waals surface area contributed by atoms with Crippen molar-refractivity contribution in [3.63, 3.8) is 0 Å². The fraction of sp³-hybridized carbons (Fsp3) is 0.0625. The number of aromatic amines is 1. The van der Waals surface area contributed by atoms with E-state index in [-0.39, 0.29) is 0 Å². The summed E-state index contributed by atoms with van der Waals surface area (Å²) in [5.74, 6) is 1.81. The van der Waals surface area contributed by atoms with Crippen LogP contribution in [-0.2, 0) is 5.75 Å². The lowest BCUT2D eigenvalue weighted by atomic mass is 10.2. The molecule has 4 rings (SSSR count). The summed E-state index contributed by atoms with van der Waals surface area (Å²) < 4.78 is 6.48. The van der Waals surface area contributed by atoms with Gasteiger partial charge in [-0.3, -0.25) is 0 Å². The van der Waals surface area contributed by atoms with Crippen molar-refractivity contribution in [1.29, 1.82) is 0 Å². The Hall–Kier alpha value is -1.87. The van der Waals surface area contributed by atoms with Crippen LogP contribution in [0.2, 0.25) is 0 Å². The Morgan fingerprint density at radius 3 is 2.87 bits per heavy atom. The maximum absolute atomic E-state index is 5.34. The first-order valence-corrected chi connectivity index (χ1v) is 9.00. The average molecular weight is 434 g/mol. The quantitative estimate of drug-likeness (QED) is 0.378. The largest absolute Gasteiger partial charge is 0.334 e. The molecule has 0 radical (unpaired) electrons. The van der Waals surface area contributed by atoms with E-state index in [0.717, 1.165) is 25.3 Å². The highest BCUT2D eigenvalue weighted by molar-refractivity contribution is 14.1. The van der Waals surface area contributed by atoms with Crippen molar-refractivity contribution in [3.05, 3.63) is 57.9 Å². The van der Waals surface area contributed by atoms with Crippen molar-refractivity contribution < 1.29 is 4.52 Å². The zero-order valence-electron chi connectivity index (χ0n) is 11.9. The van der Waals surface area contributed by atoms with Crippen molar-refractivity contribution >= 4 is 45.4 Å². The lowest BCUT2D eigenvalue weighted by molar-refractivity contribution is 0.425. The Morgan fingerprint density at radius 2 is 2.00 bits per heavy atom. The number of nitrogens with one attached hydrogen (secondary N) is 1. The minimum Gasteiger partial charge on any atom is -0.334 e. The lowest BCUT2D eigenvalue weighted by Crippen LogP contribution is -1.85. The summed E-state index contributed by atoms with van der Waals surface area (Å²) in [6, 6.07) is 15.9. The Kier molecular flexibility index (Phi) is 4.04. The molecule has 0 spiro atoms. The molecule has 1 N–H and O–H groups in total. The number of hydrogen-bond donors (Lipinski definition) is 1. The molecule has 7 heteroatoms. The molecule has 0 atom stereocenters. The number of para-hydroxylation sites is 2. The van der Waals surface area contributed by atoms with E-state index in [1.807, 2.05) is 48.5 Å². The molecule has 0 aliphatic carbocycles. The van der Waals surface area contributed by atoms with Crippen LogP contribution in [0.25, 0.3) is 22.5 Å². The van der Waals surface area contributed by atoms with E-state index >= 15 is 0 Å². The van der Waals surface area contributed by atoms with Gasteiger partial charge in [0.25, 0.3) is 5.89 Å². The first kappa shape index (κ1) is 14.7. The van der Waals surface area contributed by atoms with Gasteiger partial charge in [0.1, 0.15) is 0 Å². The number of H-pyrrole nitrogens is 1. The average Bonchev–Trinajstić information content (AvgIpc) is 3.19. The van der Waals surface area contributed by atoms with Crippen molar-refractivity contribution in [2.24, 2.45) is 0 Å². The molecule has 0 aliphatic rings. The van der Waals surface area contributed by atoms with Crippen molar-refractivity contribution in [1.82, 2.24) is 20.1 Å². The molecule has 23 heavy (non-hydrogen) atoms. The molecule has 5 nitrogen and oxygen atoms in total. The molecule has 114 valence electrons. The van der Waals surface area contributed by atoms with Crippen molar-refractivity contribution in [2.45, 2.75) is 10.9 Å². The van der Waals surface area contributed by atoms with Gasteiger partial charge in [0.05, 0.1) is 16.8 Å². The summed E-state index contributed by atoms with van der Waals surface area (Å²) in [6.45, 7) is 0. The lowest BCUT2D eigenvalue weighted by Gasteiger charge is -1.94. The predicted octanol–water partition coefficient (Wildman–Crippen LogP) is 4.51. The van der Waals surface area contributed by atoms with Crippen LogP contribution in [0.4, 0.5) is 0 Å². The molecule has 0 bridgehead atoms. The zero-order valence-corrected chi connectivity index (χ0v) is 14.8. The molecule has 0 aliphatic heterocycles. The number of hydrogen-bond acceptors (Lipinski definition) is 5. The second-order valence-corrected chi connectivity index (χ2v) is 7.08. The third-order valence-electron chi connectivity index (χ3n) is 3.25. The van der Waals surface area contributed by atoms with Gasteiger partial charge in [-0.25, -0.2) is 4.98 Å². The molecule has 0 saturated heterocycles. The van der Waals surface area contributed by atoms with Gasteiger partial charge >= 0.3 is 0 Å². The molecule has 0 unspecified atom stereocenters. The normalized spacial score (nSPS) is 11.2. The maximum Gasteiger partial charge on any atom is 0.257 e. The summed E-state index contributed by atoms with van der Waals surface area (Å²) in [5.41, 5.74) is 2.93. The van der Waals surface area contributed by atoms with Crippen LogP contribution in [0.1, 0.15) is 5.82 Å². The van der Waals surface area contributed by atoms with E-state index < -0.39 is 0 Å². The Bertz CT molecular complexity index is 932. The zero-order chi connectivity index (χ0) is 15.6. The monoisotopic (exact) mass is 434 g/mol. The molecule has 2 aromatic carbocycles. The van der Waals surface area contributed by atoms with Gasteiger partial charge in [-0.05, 0) is 52.9 Å². The Labute approximate surface area is 150 Å². The van der Waals surface area contributed by atoms with Crippen LogP contribution in [0.5, 0.6) is 0 Å². The number of fused-ring (bicyclic) bond motifs is 1. The number of imidazole rings is 1. The van der Waals surface area contributed by atoms with Gasteiger partial charge in [0.15, 0.2) is 11.0 Å². The van der Waals surface area contributed by atoms with E-state index in [1.165, 1.54) is 0 Å². The second-order valence-electron chi connectivity index (χ2n) is 4.87. The highest BCUT2D eigenvalue weighted by Crippen LogP contribution is 2.24. The second kappa shape index (κ2) is 6.32. The maximum atomic E-state index is 5.34. The van der Waals surface area contributed by atoms with Crippen molar-refractivity contribution in [3.8, 4) is 11.5 Å². The van der Waals surface area contributed by atoms with Gasteiger partial charge in [-0.1, -0.05) is 35.1 Å². The third-order valence-corrected chi connectivity index (χ3v) is 4.79. The fourth-order valence-corrected chi connectivity index (χ4v) is 3.45. The van der Waals surface area contributed by atoms with Crippen LogP contribution in [0, 0.1) is 3.57 Å². The van der Waals surface area contributed by atoms with Gasteiger partial charge in [-0.2, -0.15) is 4.98 Å². The first-order valence-electron chi connectivity index (χ1n) is 6.94. The summed E-state index contributed by atoms with van der Waals surface area (Å²) in [7, 11) is 0. The van der Waals surface area contributed by atoms with Gasteiger partial charge in [0.2, 0.25) is 0 Å². The molecule has 0 amide bonds. The fourth-order valence-electron chi connectivity index (χ4n) is 2.18. The van der Waals surface area contributed by atoms with Crippen LogP contribution >= 0.6 is 34.4 Å². The summed E-state index contributed by atoms with van der Waals surface area (Å²) in [6.07, 6.45) is 0. The van der Waals surface area contributed by atoms with Gasteiger partial charge < -0.3 is 9.51 Å². The molecular weight excluding hydrogens is 423 g/mol. The van der Waals surface area contributed by atoms with E-state index in [2.05, 4.69) is 42.7 Å². The topological polar surface area (TPSA) is 67.6 Å². The third kappa shape index (κ3) is 3.25. The van der Waals surface area contributed by atoms with E-state index in [4.69, 9.17) is 4.52 Å². The van der Waals surface area contributed by atoms with Crippen molar-refractivity contribution in [2.75, 3.05) is 0 Å². The Balaban J connectivity index is 1.49. The number of benzene rings is 2. The SMILES string of the molecule is Ic1cccc(-c2nc(CSc3nc4ccccc4[nH]3)no2)c1. The minimum absolute atomic E-state index is 0.545. The standard InChI is InChI=1S/C16H11IN4OS/c17-11-5-3-4-10(8-11)15-20-14(21-22-15)9-23-16-18-12-6-1-2-7-13(12)19-16/h1-8H,9H2,(H,18,19). The summed E-state index contributed by atoms with van der Waals surface area (Å²) in [4.78, 5) is 12.2. The predicted molar refractivity (Wildman–Crippen MR) is 98.1 cm³/mol. The van der Waals surface area contributed by atoms with Crippen LogP contribution in [0.15, 0.2) is 58.2 Å². The van der Waals surface area contributed by atoms with E-state index in [0.29, 0.717) is 17.5 Å². The number of aromatic nitrogens is 4. The summed E-state index contributed by atoms with van der Waals surface area (Å²) >= 11 is 3.82. The van der Waals surface area contributed by atoms with E-state index in [1.54, 1.807) is 11.8 Å². The number of nitrogens with zero attached hydrogens (tertiary/aromatic N) is 3. The first-order chi connectivity index (χ1) is 11.3. The molecule has 2 heterocycles. The van der Waals surface area contributed by atoms with Crippen LogP contribution in [-0.4, -0.2) is 20.1 Å². The number of rotatable bonds is 4. The highest BCUT2D eigenvalue weighted by atomic mass is 127. The van der Waals surface area contributed by atoms with Crippen LogP contribution in [0.3, 0.4) is 0 Å². The van der Waals surface area contributed by atoms with E-state index in [9.17, 15) is 0 Å². The smallest absolute Gasteiger partial charge is 0.257 e. The van der Waals surface area contributed by atoms with Gasteiger partial charge in [0, 0.05) is 9.13 Å². The molecular formula is C16H11IN4OS. The molecule has 2 aromatic heterocycles. The highest BCUT2D eigenvalue weighted by Gasteiger charge is 2.10.